The second-order valence-electron chi connectivity index (χ2n) is 7.36. The lowest BCUT2D eigenvalue weighted by atomic mass is 10.2. The van der Waals surface area contributed by atoms with Gasteiger partial charge in [0.25, 0.3) is 0 Å². The topological polar surface area (TPSA) is 61.8 Å². The van der Waals surface area contributed by atoms with Crippen LogP contribution in [-0.4, -0.2) is 42.8 Å². The van der Waals surface area contributed by atoms with Crippen molar-refractivity contribution in [3.63, 3.8) is 0 Å². The summed E-state index contributed by atoms with van der Waals surface area (Å²) in [5, 5.41) is 6.50. The summed E-state index contributed by atoms with van der Waals surface area (Å²) in [4.78, 5) is 11.5. The smallest absolute Gasteiger partial charge is 0.191 e. The van der Waals surface area contributed by atoms with Gasteiger partial charge in [-0.05, 0) is 50.1 Å². The predicted molar refractivity (Wildman–Crippen MR) is 130 cm³/mol. The van der Waals surface area contributed by atoms with E-state index in [1.54, 1.807) is 12.1 Å². The lowest BCUT2D eigenvalue weighted by Crippen LogP contribution is -2.45. The van der Waals surface area contributed by atoms with E-state index in [9.17, 15) is 4.39 Å². The van der Waals surface area contributed by atoms with Gasteiger partial charge in [0.2, 0.25) is 0 Å². The number of nitrogens with zero attached hydrogens (tertiary/aromatic N) is 3. The molecule has 0 spiro atoms. The number of ether oxygens (including phenoxy) is 1. The van der Waals surface area contributed by atoms with Gasteiger partial charge < -0.3 is 20.3 Å². The molecule has 0 radical (unpaired) electrons. The van der Waals surface area contributed by atoms with Crippen molar-refractivity contribution < 1.29 is 9.13 Å². The molecular formula is C22H31FIN5O. The molecule has 2 unspecified atom stereocenters. The number of rotatable bonds is 6. The van der Waals surface area contributed by atoms with Gasteiger partial charge in [-0.1, -0.05) is 18.2 Å². The molecule has 164 valence electrons. The predicted octanol–water partition coefficient (Wildman–Crippen LogP) is 3.71. The highest BCUT2D eigenvalue weighted by Crippen LogP contribution is 2.18. The second kappa shape index (κ2) is 12.0. The van der Waals surface area contributed by atoms with Crippen molar-refractivity contribution in [3.05, 3.63) is 59.5 Å². The molecule has 3 rings (SSSR count). The van der Waals surface area contributed by atoms with Crippen molar-refractivity contribution in [2.75, 3.05) is 24.5 Å². The summed E-state index contributed by atoms with van der Waals surface area (Å²) in [6.07, 6.45) is 2.30. The minimum Gasteiger partial charge on any atom is -0.372 e. The van der Waals surface area contributed by atoms with Crippen molar-refractivity contribution in [1.82, 2.24) is 15.6 Å². The number of hydrogen-bond acceptors (Lipinski definition) is 4. The molecule has 6 nitrogen and oxygen atoms in total. The third kappa shape index (κ3) is 7.39. The van der Waals surface area contributed by atoms with E-state index in [2.05, 4.69) is 51.5 Å². The molecule has 1 aliphatic heterocycles. The first-order chi connectivity index (χ1) is 14.0. The van der Waals surface area contributed by atoms with E-state index in [0.717, 1.165) is 42.5 Å². The summed E-state index contributed by atoms with van der Waals surface area (Å²) in [6.45, 7) is 9.79. The lowest BCUT2D eigenvalue weighted by molar-refractivity contribution is -0.00545. The zero-order chi connectivity index (χ0) is 20.6. The number of guanidine groups is 1. The van der Waals surface area contributed by atoms with Gasteiger partial charge >= 0.3 is 0 Å². The van der Waals surface area contributed by atoms with Crippen molar-refractivity contribution in [2.45, 2.75) is 46.1 Å². The van der Waals surface area contributed by atoms with Crippen LogP contribution in [0.15, 0.2) is 47.6 Å². The van der Waals surface area contributed by atoms with Crippen LogP contribution in [0.1, 0.15) is 31.9 Å². The Morgan fingerprint density at radius 2 is 1.77 bits per heavy atom. The van der Waals surface area contributed by atoms with Crippen LogP contribution in [-0.2, 0) is 17.8 Å². The van der Waals surface area contributed by atoms with Crippen LogP contribution >= 0.6 is 24.0 Å². The molecule has 0 saturated carbocycles. The van der Waals surface area contributed by atoms with Gasteiger partial charge in [0.05, 0.1) is 18.8 Å². The number of benzene rings is 1. The highest BCUT2D eigenvalue weighted by atomic mass is 127. The highest BCUT2D eigenvalue weighted by Gasteiger charge is 2.22. The molecule has 0 amide bonds. The number of aromatic nitrogens is 1. The van der Waals surface area contributed by atoms with Crippen LogP contribution in [0.2, 0.25) is 0 Å². The molecule has 1 aromatic carbocycles. The fourth-order valence-electron chi connectivity index (χ4n) is 3.36. The van der Waals surface area contributed by atoms with E-state index in [-0.39, 0.29) is 42.0 Å². The Labute approximate surface area is 195 Å². The molecule has 1 aromatic heterocycles. The van der Waals surface area contributed by atoms with Crippen molar-refractivity contribution in [3.8, 4) is 0 Å². The molecule has 0 aliphatic carbocycles. The summed E-state index contributed by atoms with van der Waals surface area (Å²) in [7, 11) is 0. The molecule has 0 bridgehead atoms. The van der Waals surface area contributed by atoms with E-state index in [0.29, 0.717) is 13.1 Å². The SMILES string of the molecule is CCNC(=NCc1ccc(N2CC(C)OC(C)C2)nc1)NCc1ccc(F)cc1.I. The number of halogens is 2. The minimum absolute atomic E-state index is 0. The fraction of sp³-hybridized carbons (Fsp3) is 0.455. The van der Waals surface area contributed by atoms with Gasteiger partial charge in [0.15, 0.2) is 5.96 Å². The Kier molecular flexibility index (Phi) is 9.77. The third-order valence-electron chi connectivity index (χ3n) is 4.69. The first-order valence-electron chi connectivity index (χ1n) is 10.2. The van der Waals surface area contributed by atoms with E-state index >= 15 is 0 Å². The van der Waals surface area contributed by atoms with E-state index in [1.165, 1.54) is 12.1 Å². The first kappa shape index (κ1) is 24.3. The molecule has 2 heterocycles. The maximum absolute atomic E-state index is 13.0. The summed E-state index contributed by atoms with van der Waals surface area (Å²) in [5.41, 5.74) is 2.04. The summed E-state index contributed by atoms with van der Waals surface area (Å²) in [6, 6.07) is 10.6. The number of nitrogens with one attached hydrogen (secondary N) is 2. The molecule has 2 aromatic rings. The number of morpholine rings is 1. The van der Waals surface area contributed by atoms with Crippen LogP contribution in [0, 0.1) is 5.82 Å². The van der Waals surface area contributed by atoms with Crippen molar-refractivity contribution >= 4 is 35.8 Å². The van der Waals surface area contributed by atoms with E-state index in [1.807, 2.05) is 13.1 Å². The van der Waals surface area contributed by atoms with Gasteiger partial charge in [-0.2, -0.15) is 0 Å². The third-order valence-corrected chi connectivity index (χ3v) is 4.69. The van der Waals surface area contributed by atoms with Crippen molar-refractivity contribution in [1.29, 1.82) is 0 Å². The number of pyridine rings is 1. The second-order valence-corrected chi connectivity index (χ2v) is 7.36. The average molecular weight is 527 g/mol. The number of anilines is 1. The quantitative estimate of drug-likeness (QED) is 0.341. The number of aliphatic imine (C=N–C) groups is 1. The van der Waals surface area contributed by atoms with Gasteiger partial charge in [0, 0.05) is 32.4 Å². The largest absolute Gasteiger partial charge is 0.372 e. The van der Waals surface area contributed by atoms with Crippen LogP contribution in [0.4, 0.5) is 10.2 Å². The molecule has 1 saturated heterocycles. The maximum Gasteiger partial charge on any atom is 0.191 e. The van der Waals surface area contributed by atoms with Crippen LogP contribution in [0.5, 0.6) is 0 Å². The molecule has 8 heteroatoms. The zero-order valence-corrected chi connectivity index (χ0v) is 20.1. The normalized spacial score (nSPS) is 19.2. The zero-order valence-electron chi connectivity index (χ0n) is 17.8. The molecular weight excluding hydrogens is 496 g/mol. The monoisotopic (exact) mass is 527 g/mol. The summed E-state index contributed by atoms with van der Waals surface area (Å²) in [5.74, 6) is 1.46. The Morgan fingerprint density at radius 1 is 1.10 bits per heavy atom. The van der Waals surface area contributed by atoms with Gasteiger partial charge in [0.1, 0.15) is 11.6 Å². The summed E-state index contributed by atoms with van der Waals surface area (Å²) < 4.78 is 18.8. The van der Waals surface area contributed by atoms with Gasteiger partial charge in [-0.15, -0.1) is 24.0 Å². The van der Waals surface area contributed by atoms with Gasteiger partial charge in [-0.3, -0.25) is 0 Å². The Hall–Kier alpha value is -1.94. The Balaban J connectivity index is 0.00000320. The molecule has 1 aliphatic rings. The average Bonchev–Trinajstić information content (AvgIpc) is 2.71. The van der Waals surface area contributed by atoms with Crippen molar-refractivity contribution in [2.24, 2.45) is 4.99 Å². The Morgan fingerprint density at radius 3 is 2.37 bits per heavy atom. The first-order valence-corrected chi connectivity index (χ1v) is 10.2. The molecule has 1 fully saturated rings. The highest BCUT2D eigenvalue weighted by molar-refractivity contribution is 14.0. The van der Waals surface area contributed by atoms with E-state index < -0.39 is 0 Å². The molecule has 2 N–H and O–H groups in total. The minimum atomic E-state index is -0.230. The van der Waals surface area contributed by atoms with Crippen LogP contribution in [0.3, 0.4) is 0 Å². The van der Waals surface area contributed by atoms with Crippen LogP contribution in [0.25, 0.3) is 0 Å². The standard InChI is InChI=1S/C22H30FN5O.HI/c1-4-24-22(26-11-18-5-8-20(23)9-6-18)27-13-19-7-10-21(25-12-19)28-14-16(2)29-17(3)15-28;/h5-10,12,16-17H,4,11,13-15H2,1-3H3,(H2,24,26,27);1H. The molecule has 30 heavy (non-hydrogen) atoms. The Bertz CT molecular complexity index is 790. The summed E-state index contributed by atoms with van der Waals surface area (Å²) >= 11 is 0. The van der Waals surface area contributed by atoms with Gasteiger partial charge in [-0.25, -0.2) is 14.4 Å². The maximum atomic E-state index is 13.0. The van der Waals surface area contributed by atoms with Crippen LogP contribution < -0.4 is 15.5 Å². The fourth-order valence-corrected chi connectivity index (χ4v) is 3.36. The molecule has 2 atom stereocenters. The lowest BCUT2D eigenvalue weighted by Gasteiger charge is -2.36. The number of hydrogen-bond donors (Lipinski definition) is 2. The van der Waals surface area contributed by atoms with E-state index in [4.69, 9.17) is 4.74 Å².